The lowest BCUT2D eigenvalue weighted by molar-refractivity contribution is -0.155. The number of anilines is 1. The highest BCUT2D eigenvalue weighted by atomic mass is 127. The van der Waals surface area contributed by atoms with E-state index < -0.39 is 47.9 Å². The molecule has 0 aromatic heterocycles. The van der Waals surface area contributed by atoms with E-state index in [0.29, 0.717) is 13.6 Å². The summed E-state index contributed by atoms with van der Waals surface area (Å²) in [6.07, 6.45) is 0.0903. The second-order valence-corrected chi connectivity index (χ2v) is 12.2. The number of esters is 4. The molecule has 2 unspecified atom stereocenters. The SMILES string of the molecule is C=CCCC(=O)Nc1c(I)c(C(=O)NCC(COC(C)=O)OC(C)=O)c(I)c(C(=O)NCC(COC(C)=O)OC(C)=O)c1I. The standard InChI is InChI=1S/C27H32I3N3O11/c1-6-7-8-19(38)33-25-23(29)20(26(39)31-9-17(43-15(4)36)11-41-13(2)34)22(28)21(24(25)30)27(40)32-10-18(44-16(5)37)12-42-14(3)35/h6,17-18H,1,7-12H2,2-5H3,(H,31,39)(H,32,40)(H,33,38). The van der Waals surface area contributed by atoms with Crippen molar-refractivity contribution in [3.8, 4) is 0 Å². The highest BCUT2D eigenvalue weighted by molar-refractivity contribution is 14.1. The molecule has 0 heterocycles. The van der Waals surface area contributed by atoms with Gasteiger partial charge in [-0.3, -0.25) is 33.6 Å². The van der Waals surface area contributed by atoms with Crippen LogP contribution in [0, 0.1) is 10.7 Å². The average Bonchev–Trinajstić information content (AvgIpc) is 2.92. The van der Waals surface area contributed by atoms with Crippen molar-refractivity contribution in [1.29, 1.82) is 0 Å². The number of ether oxygens (including phenoxy) is 4. The quantitative estimate of drug-likeness (QED) is 0.0956. The van der Waals surface area contributed by atoms with Crippen molar-refractivity contribution in [1.82, 2.24) is 10.6 Å². The molecule has 0 spiro atoms. The molecule has 0 aliphatic rings. The fourth-order valence-corrected chi connectivity index (χ4v) is 7.77. The summed E-state index contributed by atoms with van der Waals surface area (Å²) in [6, 6.07) is 0. The van der Waals surface area contributed by atoms with E-state index in [0.717, 1.165) is 13.8 Å². The van der Waals surface area contributed by atoms with Crippen molar-refractivity contribution in [3.05, 3.63) is 34.5 Å². The van der Waals surface area contributed by atoms with Gasteiger partial charge in [0.1, 0.15) is 13.2 Å². The van der Waals surface area contributed by atoms with E-state index in [-0.39, 0.29) is 59.0 Å². The van der Waals surface area contributed by atoms with Gasteiger partial charge < -0.3 is 34.9 Å². The number of nitrogens with one attached hydrogen (secondary N) is 3. The topological polar surface area (TPSA) is 192 Å². The molecule has 14 nitrogen and oxygen atoms in total. The van der Waals surface area contributed by atoms with Gasteiger partial charge in [0, 0.05) is 37.7 Å². The van der Waals surface area contributed by atoms with Gasteiger partial charge >= 0.3 is 23.9 Å². The Bertz CT molecular complexity index is 1220. The van der Waals surface area contributed by atoms with Crippen molar-refractivity contribution in [2.75, 3.05) is 31.6 Å². The van der Waals surface area contributed by atoms with E-state index in [1.807, 2.05) is 67.8 Å². The molecule has 0 aliphatic carbocycles. The fourth-order valence-electron chi connectivity index (χ4n) is 3.36. The van der Waals surface area contributed by atoms with E-state index in [1.165, 1.54) is 13.8 Å². The van der Waals surface area contributed by atoms with Crippen molar-refractivity contribution in [2.45, 2.75) is 52.7 Å². The van der Waals surface area contributed by atoms with Crippen LogP contribution in [0.25, 0.3) is 0 Å². The van der Waals surface area contributed by atoms with E-state index in [2.05, 4.69) is 22.5 Å². The first-order chi connectivity index (χ1) is 20.6. The summed E-state index contributed by atoms with van der Waals surface area (Å²) >= 11 is 5.60. The van der Waals surface area contributed by atoms with Gasteiger partial charge in [-0.15, -0.1) is 6.58 Å². The van der Waals surface area contributed by atoms with Crippen LogP contribution in [0.4, 0.5) is 5.69 Å². The van der Waals surface area contributed by atoms with Crippen molar-refractivity contribution in [2.24, 2.45) is 0 Å². The Morgan fingerprint density at radius 2 is 1.11 bits per heavy atom. The van der Waals surface area contributed by atoms with E-state index in [1.54, 1.807) is 6.08 Å². The number of carbonyl (C=O) groups is 7. The molecular formula is C27H32I3N3O11. The van der Waals surface area contributed by atoms with Crippen LogP contribution in [0.15, 0.2) is 12.7 Å². The van der Waals surface area contributed by atoms with Crippen molar-refractivity contribution < 1.29 is 52.5 Å². The second-order valence-electron chi connectivity index (χ2n) is 8.93. The van der Waals surface area contributed by atoms with Crippen LogP contribution < -0.4 is 16.0 Å². The maximum absolute atomic E-state index is 13.5. The average molecular weight is 955 g/mol. The monoisotopic (exact) mass is 955 g/mol. The molecule has 0 saturated heterocycles. The van der Waals surface area contributed by atoms with E-state index in [4.69, 9.17) is 18.9 Å². The third kappa shape index (κ3) is 13.6. The van der Waals surface area contributed by atoms with Crippen LogP contribution in [0.1, 0.15) is 61.3 Å². The largest absolute Gasteiger partial charge is 0.462 e. The van der Waals surface area contributed by atoms with Gasteiger partial charge in [0.15, 0.2) is 12.2 Å². The summed E-state index contributed by atoms with van der Waals surface area (Å²) in [5.74, 6) is -4.24. The lowest BCUT2D eigenvalue weighted by Gasteiger charge is -2.22. The van der Waals surface area contributed by atoms with Crippen LogP contribution in [0.3, 0.4) is 0 Å². The maximum atomic E-state index is 13.5. The Balaban J connectivity index is 3.49. The molecule has 2 atom stereocenters. The summed E-state index contributed by atoms with van der Waals surface area (Å²) in [5.41, 5.74) is 0.298. The van der Waals surface area contributed by atoms with Gasteiger partial charge in [-0.25, -0.2) is 0 Å². The summed E-state index contributed by atoms with van der Waals surface area (Å²) in [4.78, 5) is 85.2. The number of halogens is 3. The Morgan fingerprint density at radius 1 is 0.705 bits per heavy atom. The number of rotatable bonds is 16. The number of hydrogen-bond acceptors (Lipinski definition) is 11. The zero-order chi connectivity index (χ0) is 33.6. The molecule has 17 heteroatoms. The third-order valence-corrected chi connectivity index (χ3v) is 8.44. The van der Waals surface area contributed by atoms with Crippen LogP contribution in [-0.4, -0.2) is 80.1 Å². The number of carbonyl (C=O) groups excluding carboxylic acids is 7. The van der Waals surface area contributed by atoms with Crippen LogP contribution in [-0.2, 0) is 42.9 Å². The molecule has 3 amide bonds. The number of amides is 3. The van der Waals surface area contributed by atoms with Crippen LogP contribution in [0.2, 0.25) is 0 Å². The molecule has 1 aromatic carbocycles. The maximum Gasteiger partial charge on any atom is 0.303 e. The Labute approximate surface area is 294 Å². The summed E-state index contributed by atoms with van der Waals surface area (Å²) in [5, 5.41) is 8.01. The first kappa shape index (κ1) is 39.5. The van der Waals surface area contributed by atoms with Gasteiger partial charge in [0.2, 0.25) is 5.91 Å². The zero-order valence-electron chi connectivity index (χ0n) is 24.3. The first-order valence-electron chi connectivity index (χ1n) is 12.9. The van der Waals surface area contributed by atoms with Gasteiger partial charge in [0.25, 0.3) is 11.8 Å². The molecule has 1 aromatic rings. The molecule has 0 radical (unpaired) electrons. The molecule has 242 valence electrons. The Hall–Kier alpha value is -2.56. The van der Waals surface area contributed by atoms with Gasteiger partial charge in [0.05, 0.1) is 37.0 Å². The van der Waals surface area contributed by atoms with Gasteiger partial charge in [-0.2, -0.15) is 0 Å². The number of benzene rings is 1. The van der Waals surface area contributed by atoms with Crippen LogP contribution >= 0.6 is 67.8 Å². The lowest BCUT2D eigenvalue weighted by atomic mass is 10.1. The molecule has 3 N–H and O–H groups in total. The smallest absolute Gasteiger partial charge is 0.303 e. The minimum atomic E-state index is -0.990. The minimum Gasteiger partial charge on any atom is -0.462 e. The molecule has 0 fully saturated rings. The molecule has 0 saturated carbocycles. The molecule has 0 aliphatic heterocycles. The number of allylic oxidation sites excluding steroid dienone is 1. The third-order valence-electron chi connectivity index (χ3n) is 5.20. The predicted octanol–water partition coefficient (Wildman–Crippen LogP) is 2.85. The molecule has 0 bridgehead atoms. The zero-order valence-corrected chi connectivity index (χ0v) is 30.8. The Morgan fingerprint density at radius 3 is 1.45 bits per heavy atom. The first-order valence-corrected chi connectivity index (χ1v) is 16.1. The van der Waals surface area contributed by atoms with Crippen molar-refractivity contribution in [3.63, 3.8) is 0 Å². The summed E-state index contributed by atoms with van der Waals surface area (Å²) in [7, 11) is 0. The van der Waals surface area contributed by atoms with E-state index >= 15 is 0 Å². The predicted molar refractivity (Wildman–Crippen MR) is 182 cm³/mol. The summed E-state index contributed by atoms with van der Waals surface area (Å²) in [6.45, 7) is 7.24. The number of hydrogen-bond donors (Lipinski definition) is 3. The fraction of sp³-hybridized carbons (Fsp3) is 0.444. The summed E-state index contributed by atoms with van der Waals surface area (Å²) < 4.78 is 21.0. The lowest BCUT2D eigenvalue weighted by Crippen LogP contribution is -2.40. The molecular weight excluding hydrogens is 923 g/mol. The Kier molecular flexibility index (Phi) is 17.7. The van der Waals surface area contributed by atoms with Crippen molar-refractivity contribution >= 4 is 115 Å². The second kappa shape index (κ2) is 19.7. The van der Waals surface area contributed by atoms with E-state index in [9.17, 15) is 33.6 Å². The van der Waals surface area contributed by atoms with Crippen LogP contribution in [0.5, 0.6) is 0 Å². The highest BCUT2D eigenvalue weighted by Crippen LogP contribution is 2.36. The highest BCUT2D eigenvalue weighted by Gasteiger charge is 2.30. The normalized spacial score (nSPS) is 11.7. The minimum absolute atomic E-state index is 0.0429. The molecule has 1 rings (SSSR count). The van der Waals surface area contributed by atoms with Gasteiger partial charge in [-0.1, -0.05) is 6.08 Å². The van der Waals surface area contributed by atoms with Gasteiger partial charge in [-0.05, 0) is 74.2 Å². The molecule has 44 heavy (non-hydrogen) atoms.